The van der Waals surface area contributed by atoms with E-state index in [-0.39, 0.29) is 5.97 Å². The quantitative estimate of drug-likeness (QED) is 0.675. The molecule has 0 spiro atoms. The summed E-state index contributed by atoms with van der Waals surface area (Å²) < 4.78 is 6.84. The molecule has 0 aliphatic rings. The first kappa shape index (κ1) is 16.0. The molecule has 0 fully saturated rings. The maximum atomic E-state index is 12.2. The van der Waals surface area contributed by atoms with Gasteiger partial charge < -0.3 is 4.74 Å². The summed E-state index contributed by atoms with van der Waals surface area (Å²) >= 11 is 0. The minimum atomic E-state index is -0.335. The molecule has 0 unspecified atom stereocenters. The Kier molecular flexibility index (Phi) is 4.75. The number of rotatable bonds is 5. The molecule has 0 bridgehead atoms. The van der Waals surface area contributed by atoms with E-state index in [1.54, 1.807) is 0 Å². The van der Waals surface area contributed by atoms with E-state index >= 15 is 0 Å². The van der Waals surface area contributed by atoms with Gasteiger partial charge in [0.2, 0.25) is 0 Å². The average molecular weight is 320 g/mol. The Balaban J connectivity index is 1.97. The third-order valence-corrected chi connectivity index (χ3v) is 4.06. The van der Waals surface area contributed by atoms with Gasteiger partial charge in [0.05, 0.1) is 25.0 Å². The van der Waals surface area contributed by atoms with Gasteiger partial charge in [0.15, 0.2) is 0 Å². The molecule has 0 saturated heterocycles. The van der Waals surface area contributed by atoms with Crippen molar-refractivity contribution in [1.29, 1.82) is 0 Å². The lowest BCUT2D eigenvalue weighted by molar-refractivity contribution is 0.0598. The Morgan fingerprint density at radius 2 is 1.58 bits per heavy atom. The van der Waals surface area contributed by atoms with Gasteiger partial charge >= 0.3 is 5.97 Å². The monoisotopic (exact) mass is 320 g/mol. The van der Waals surface area contributed by atoms with E-state index < -0.39 is 0 Å². The van der Waals surface area contributed by atoms with Crippen molar-refractivity contribution >= 4 is 5.97 Å². The standard InChI is InChI=1S/C20H20N2O2/c1-15-19(20(23)24-2)18(13-16-9-5-3-6-10-16)21-22(15)14-17-11-7-4-8-12-17/h3-12H,13-14H2,1-2H3. The number of carbonyl (C=O) groups excluding carboxylic acids is 1. The fourth-order valence-electron chi connectivity index (χ4n) is 2.80. The second kappa shape index (κ2) is 7.13. The zero-order valence-electron chi connectivity index (χ0n) is 13.9. The predicted molar refractivity (Wildman–Crippen MR) is 93.1 cm³/mol. The summed E-state index contributed by atoms with van der Waals surface area (Å²) in [6, 6.07) is 20.1. The van der Waals surface area contributed by atoms with Crippen LogP contribution >= 0.6 is 0 Å². The van der Waals surface area contributed by atoms with Crippen LogP contribution in [0.2, 0.25) is 0 Å². The second-order valence-electron chi connectivity index (χ2n) is 5.70. The van der Waals surface area contributed by atoms with Crippen molar-refractivity contribution in [1.82, 2.24) is 9.78 Å². The molecule has 0 N–H and O–H groups in total. The molecule has 1 aromatic heterocycles. The van der Waals surface area contributed by atoms with Gasteiger partial charge in [-0.3, -0.25) is 4.68 Å². The minimum Gasteiger partial charge on any atom is -0.465 e. The van der Waals surface area contributed by atoms with E-state index in [2.05, 4.69) is 17.2 Å². The first-order valence-electron chi connectivity index (χ1n) is 7.91. The van der Waals surface area contributed by atoms with Crippen molar-refractivity contribution in [2.24, 2.45) is 0 Å². The highest BCUT2D eigenvalue weighted by Gasteiger charge is 2.22. The van der Waals surface area contributed by atoms with E-state index in [1.807, 2.05) is 60.1 Å². The van der Waals surface area contributed by atoms with Gasteiger partial charge in [0.1, 0.15) is 5.56 Å². The third-order valence-electron chi connectivity index (χ3n) is 4.06. The molecular formula is C20H20N2O2. The zero-order chi connectivity index (χ0) is 16.9. The number of benzene rings is 2. The van der Waals surface area contributed by atoms with E-state index in [0.717, 1.165) is 22.5 Å². The normalized spacial score (nSPS) is 10.6. The van der Waals surface area contributed by atoms with Crippen molar-refractivity contribution < 1.29 is 9.53 Å². The Labute approximate surface area is 141 Å². The van der Waals surface area contributed by atoms with E-state index in [4.69, 9.17) is 4.74 Å². The number of aromatic nitrogens is 2. The van der Waals surface area contributed by atoms with Crippen LogP contribution in [-0.4, -0.2) is 22.9 Å². The topological polar surface area (TPSA) is 44.1 Å². The van der Waals surface area contributed by atoms with Crippen LogP contribution in [0.1, 0.15) is 32.9 Å². The molecule has 24 heavy (non-hydrogen) atoms. The molecule has 0 aliphatic heterocycles. The van der Waals surface area contributed by atoms with Gasteiger partial charge in [-0.05, 0) is 18.1 Å². The van der Waals surface area contributed by atoms with Crippen LogP contribution in [-0.2, 0) is 17.7 Å². The van der Waals surface area contributed by atoms with Gasteiger partial charge in [-0.2, -0.15) is 5.10 Å². The first-order chi connectivity index (χ1) is 11.7. The minimum absolute atomic E-state index is 0.335. The highest BCUT2D eigenvalue weighted by atomic mass is 16.5. The Morgan fingerprint density at radius 1 is 1.00 bits per heavy atom. The smallest absolute Gasteiger partial charge is 0.341 e. The summed E-state index contributed by atoms with van der Waals surface area (Å²) in [5.74, 6) is -0.335. The molecule has 4 nitrogen and oxygen atoms in total. The number of ether oxygens (including phenoxy) is 1. The molecule has 4 heteroatoms. The average Bonchev–Trinajstić information content (AvgIpc) is 2.91. The molecule has 2 aromatic carbocycles. The van der Waals surface area contributed by atoms with Crippen LogP contribution in [0, 0.1) is 6.92 Å². The van der Waals surface area contributed by atoms with Crippen LogP contribution in [0.25, 0.3) is 0 Å². The van der Waals surface area contributed by atoms with E-state index in [1.165, 1.54) is 7.11 Å². The van der Waals surface area contributed by atoms with Crippen molar-refractivity contribution in [3.8, 4) is 0 Å². The summed E-state index contributed by atoms with van der Waals surface area (Å²) in [4.78, 5) is 12.2. The Bertz CT molecular complexity index is 824. The molecule has 0 atom stereocenters. The lowest BCUT2D eigenvalue weighted by Gasteiger charge is -2.05. The van der Waals surface area contributed by atoms with Crippen molar-refractivity contribution in [2.75, 3.05) is 7.11 Å². The maximum absolute atomic E-state index is 12.2. The number of esters is 1. The molecule has 0 aliphatic carbocycles. The van der Waals surface area contributed by atoms with Crippen molar-refractivity contribution in [3.63, 3.8) is 0 Å². The number of hydrogen-bond donors (Lipinski definition) is 0. The van der Waals surface area contributed by atoms with Gasteiger partial charge in [-0.15, -0.1) is 0 Å². The molecule has 0 radical (unpaired) electrons. The summed E-state index contributed by atoms with van der Waals surface area (Å²) in [5, 5.41) is 4.69. The Hall–Kier alpha value is -2.88. The SMILES string of the molecule is COC(=O)c1c(Cc2ccccc2)nn(Cc2ccccc2)c1C. The lowest BCUT2D eigenvalue weighted by atomic mass is 10.1. The van der Waals surface area contributed by atoms with E-state index in [0.29, 0.717) is 18.5 Å². The maximum Gasteiger partial charge on any atom is 0.341 e. The third kappa shape index (κ3) is 3.38. The second-order valence-corrected chi connectivity index (χ2v) is 5.70. The highest BCUT2D eigenvalue weighted by molar-refractivity contribution is 5.92. The summed E-state index contributed by atoms with van der Waals surface area (Å²) in [5.41, 5.74) is 4.41. The van der Waals surface area contributed by atoms with Gasteiger partial charge in [0, 0.05) is 6.42 Å². The molecule has 3 rings (SSSR count). The number of hydrogen-bond acceptors (Lipinski definition) is 3. The Morgan fingerprint density at radius 3 is 2.17 bits per heavy atom. The summed E-state index contributed by atoms with van der Waals surface area (Å²) in [6.45, 7) is 2.54. The van der Waals surface area contributed by atoms with Crippen LogP contribution in [0.4, 0.5) is 0 Å². The van der Waals surface area contributed by atoms with Crippen LogP contribution < -0.4 is 0 Å². The molecule has 0 amide bonds. The zero-order valence-corrected chi connectivity index (χ0v) is 13.9. The van der Waals surface area contributed by atoms with Crippen LogP contribution in [0.5, 0.6) is 0 Å². The molecule has 122 valence electrons. The first-order valence-corrected chi connectivity index (χ1v) is 7.91. The summed E-state index contributed by atoms with van der Waals surface area (Å²) in [6.07, 6.45) is 0.605. The molecular weight excluding hydrogens is 300 g/mol. The van der Waals surface area contributed by atoms with Crippen LogP contribution in [0.15, 0.2) is 60.7 Å². The fraction of sp³-hybridized carbons (Fsp3) is 0.200. The lowest BCUT2D eigenvalue weighted by Crippen LogP contribution is -2.07. The molecule has 0 saturated carbocycles. The molecule has 3 aromatic rings. The predicted octanol–water partition coefficient (Wildman–Crippen LogP) is 3.62. The van der Waals surface area contributed by atoms with Gasteiger partial charge in [-0.25, -0.2) is 4.79 Å². The van der Waals surface area contributed by atoms with E-state index in [9.17, 15) is 4.79 Å². The van der Waals surface area contributed by atoms with Crippen LogP contribution in [0.3, 0.4) is 0 Å². The largest absolute Gasteiger partial charge is 0.465 e. The molecule has 1 heterocycles. The number of nitrogens with zero attached hydrogens (tertiary/aromatic N) is 2. The summed E-state index contributed by atoms with van der Waals surface area (Å²) in [7, 11) is 1.41. The fourth-order valence-corrected chi connectivity index (χ4v) is 2.80. The van der Waals surface area contributed by atoms with Gasteiger partial charge in [0.25, 0.3) is 0 Å². The van der Waals surface area contributed by atoms with Crippen molar-refractivity contribution in [3.05, 3.63) is 88.7 Å². The van der Waals surface area contributed by atoms with Gasteiger partial charge in [-0.1, -0.05) is 60.7 Å². The number of methoxy groups -OCH3 is 1. The highest BCUT2D eigenvalue weighted by Crippen LogP contribution is 2.19. The van der Waals surface area contributed by atoms with Crippen molar-refractivity contribution in [2.45, 2.75) is 19.9 Å². The number of carbonyl (C=O) groups is 1.